The number of rotatable bonds is 6. The Balaban J connectivity index is 1.36. The van der Waals surface area contributed by atoms with E-state index in [1.54, 1.807) is 6.07 Å². The number of nitrogens with zero attached hydrogens (tertiary/aromatic N) is 5. The number of aromatic nitrogens is 3. The van der Waals surface area contributed by atoms with E-state index in [1.807, 2.05) is 30.0 Å². The molecule has 0 aliphatic carbocycles. The van der Waals surface area contributed by atoms with Gasteiger partial charge in [0.1, 0.15) is 35.6 Å². The van der Waals surface area contributed by atoms with Crippen molar-refractivity contribution in [1.82, 2.24) is 19.9 Å². The van der Waals surface area contributed by atoms with Crippen molar-refractivity contribution in [2.24, 2.45) is 0 Å². The Morgan fingerprint density at radius 3 is 2.66 bits per heavy atom. The van der Waals surface area contributed by atoms with E-state index in [0.717, 1.165) is 35.7 Å². The molecule has 0 bridgehead atoms. The van der Waals surface area contributed by atoms with Gasteiger partial charge in [0.25, 0.3) is 0 Å². The highest BCUT2D eigenvalue weighted by molar-refractivity contribution is 6.01. The normalized spacial score (nSPS) is 25.9. The summed E-state index contributed by atoms with van der Waals surface area (Å²) in [4.78, 5) is 17.9. The topological polar surface area (TPSA) is 115 Å². The summed E-state index contributed by atoms with van der Waals surface area (Å²) in [5.41, 5.74) is 1.08. The summed E-state index contributed by atoms with van der Waals surface area (Å²) in [5.74, 6) is -0.275. The van der Waals surface area contributed by atoms with Crippen LogP contribution in [0.3, 0.4) is 0 Å². The molecule has 2 aromatic heterocycles. The lowest BCUT2D eigenvalue weighted by Gasteiger charge is -2.31. The van der Waals surface area contributed by atoms with Crippen LogP contribution in [0.2, 0.25) is 0 Å². The maximum absolute atomic E-state index is 16.7. The van der Waals surface area contributed by atoms with Gasteiger partial charge >= 0.3 is 6.01 Å². The van der Waals surface area contributed by atoms with Crippen molar-refractivity contribution in [2.75, 3.05) is 37.7 Å². The monoisotopic (exact) mass is 605 g/mol. The van der Waals surface area contributed by atoms with E-state index < -0.39 is 29.7 Å². The second-order valence-electron chi connectivity index (χ2n) is 12.4. The first-order valence-electron chi connectivity index (χ1n) is 15.5. The molecule has 4 atom stereocenters. The SMILES string of the molecule is CCc1cccc2cc(O)cc(-c3ncc4c(N5CC[C@@H](O)[C@@H](O)CC5)nc(OC[C@@]56CCCN5C[C@H](F)C6)nc4c3F)c12. The first kappa shape index (κ1) is 29.1. The lowest BCUT2D eigenvalue weighted by atomic mass is 9.95. The smallest absolute Gasteiger partial charge is 0.319 e. The van der Waals surface area contributed by atoms with Gasteiger partial charge in [0, 0.05) is 37.8 Å². The van der Waals surface area contributed by atoms with Gasteiger partial charge in [-0.3, -0.25) is 9.88 Å². The number of aryl methyl sites for hydroxylation is 1. The summed E-state index contributed by atoms with van der Waals surface area (Å²) in [5, 5.41) is 33.1. The quantitative estimate of drug-likeness (QED) is 0.292. The van der Waals surface area contributed by atoms with Gasteiger partial charge in [-0.2, -0.15) is 9.97 Å². The third-order valence-corrected chi connectivity index (χ3v) is 9.69. The molecule has 44 heavy (non-hydrogen) atoms. The molecule has 2 aromatic carbocycles. The van der Waals surface area contributed by atoms with Crippen molar-refractivity contribution in [1.29, 1.82) is 0 Å². The van der Waals surface area contributed by atoms with Crippen LogP contribution in [-0.4, -0.2) is 91.9 Å². The van der Waals surface area contributed by atoms with E-state index in [4.69, 9.17) is 9.72 Å². The minimum absolute atomic E-state index is 0.000708. The number of ether oxygens (including phenoxy) is 1. The van der Waals surface area contributed by atoms with Gasteiger partial charge in [-0.05, 0) is 67.1 Å². The molecule has 0 unspecified atom stereocenters. The number of hydrogen-bond acceptors (Lipinski definition) is 9. The number of pyridine rings is 1. The van der Waals surface area contributed by atoms with Gasteiger partial charge in [-0.15, -0.1) is 0 Å². The minimum atomic E-state index is -0.918. The van der Waals surface area contributed by atoms with E-state index in [-0.39, 0.29) is 29.6 Å². The van der Waals surface area contributed by atoms with Crippen LogP contribution in [0.4, 0.5) is 14.6 Å². The lowest BCUT2D eigenvalue weighted by molar-refractivity contribution is 0.0187. The fraction of sp³-hybridized carbons (Fsp3) is 0.485. The van der Waals surface area contributed by atoms with Gasteiger partial charge in [0.2, 0.25) is 0 Å². The Kier molecular flexibility index (Phi) is 7.50. The number of benzene rings is 2. The minimum Gasteiger partial charge on any atom is -0.508 e. The molecular weight excluding hydrogens is 568 g/mol. The molecule has 3 N–H and O–H groups in total. The summed E-state index contributed by atoms with van der Waals surface area (Å²) in [6.45, 7) is 4.16. The Morgan fingerprint density at radius 2 is 1.89 bits per heavy atom. The first-order valence-corrected chi connectivity index (χ1v) is 15.5. The zero-order valence-corrected chi connectivity index (χ0v) is 24.7. The van der Waals surface area contributed by atoms with Crippen molar-refractivity contribution in [2.45, 2.75) is 69.4 Å². The molecule has 3 aliphatic heterocycles. The fourth-order valence-electron chi connectivity index (χ4n) is 7.42. The van der Waals surface area contributed by atoms with Crippen LogP contribution in [0.1, 0.15) is 44.6 Å². The maximum atomic E-state index is 16.7. The van der Waals surface area contributed by atoms with Gasteiger partial charge < -0.3 is 25.0 Å². The molecule has 3 saturated heterocycles. The number of fused-ring (bicyclic) bond motifs is 3. The van der Waals surface area contributed by atoms with E-state index in [9.17, 15) is 19.7 Å². The Hall–Kier alpha value is -3.67. The largest absolute Gasteiger partial charge is 0.508 e. The molecule has 0 amide bonds. The number of phenols is 1. The molecular formula is C33H37F2N5O4. The molecule has 11 heteroatoms. The van der Waals surface area contributed by atoms with Crippen LogP contribution in [0.25, 0.3) is 32.9 Å². The number of halogens is 2. The van der Waals surface area contributed by atoms with Crippen molar-refractivity contribution in [3.8, 4) is 23.0 Å². The van der Waals surface area contributed by atoms with Crippen LogP contribution >= 0.6 is 0 Å². The molecule has 5 heterocycles. The molecule has 9 nitrogen and oxygen atoms in total. The molecule has 0 radical (unpaired) electrons. The number of aliphatic hydroxyl groups excluding tert-OH is 2. The highest BCUT2D eigenvalue weighted by Gasteiger charge is 2.49. The third kappa shape index (κ3) is 5.00. The average Bonchev–Trinajstić information content (AvgIpc) is 3.48. The summed E-state index contributed by atoms with van der Waals surface area (Å²) in [7, 11) is 0. The van der Waals surface area contributed by atoms with Gasteiger partial charge in [0.05, 0.1) is 23.1 Å². The summed E-state index contributed by atoms with van der Waals surface area (Å²) in [6.07, 6.45) is 2.34. The van der Waals surface area contributed by atoms with Crippen LogP contribution in [-0.2, 0) is 6.42 Å². The third-order valence-electron chi connectivity index (χ3n) is 9.69. The number of anilines is 1. The summed E-state index contributed by atoms with van der Waals surface area (Å²) < 4.78 is 37.4. The van der Waals surface area contributed by atoms with Crippen molar-refractivity contribution in [3.63, 3.8) is 0 Å². The molecule has 7 rings (SSSR count). The van der Waals surface area contributed by atoms with Crippen molar-refractivity contribution in [3.05, 3.63) is 47.9 Å². The predicted molar refractivity (Wildman–Crippen MR) is 163 cm³/mol. The summed E-state index contributed by atoms with van der Waals surface area (Å²) in [6, 6.07) is 8.92. The molecule has 4 aromatic rings. The molecule has 3 aliphatic rings. The van der Waals surface area contributed by atoms with Gasteiger partial charge in [-0.1, -0.05) is 25.1 Å². The van der Waals surface area contributed by atoms with Gasteiger partial charge in [-0.25, -0.2) is 8.78 Å². The molecule has 0 spiro atoms. The Morgan fingerprint density at radius 1 is 1.09 bits per heavy atom. The second kappa shape index (κ2) is 11.4. The number of hydrogen-bond donors (Lipinski definition) is 3. The fourth-order valence-corrected chi connectivity index (χ4v) is 7.42. The average molecular weight is 606 g/mol. The maximum Gasteiger partial charge on any atom is 0.319 e. The van der Waals surface area contributed by atoms with E-state index >= 15 is 4.39 Å². The van der Waals surface area contributed by atoms with Crippen LogP contribution in [0.15, 0.2) is 36.5 Å². The lowest BCUT2D eigenvalue weighted by Crippen LogP contribution is -2.43. The summed E-state index contributed by atoms with van der Waals surface area (Å²) >= 11 is 0. The van der Waals surface area contributed by atoms with E-state index in [0.29, 0.717) is 62.1 Å². The second-order valence-corrected chi connectivity index (χ2v) is 12.4. The molecule has 3 fully saturated rings. The van der Waals surface area contributed by atoms with E-state index in [1.165, 1.54) is 12.3 Å². The Labute approximate surface area is 254 Å². The zero-order valence-electron chi connectivity index (χ0n) is 24.7. The van der Waals surface area contributed by atoms with E-state index in [2.05, 4.69) is 14.9 Å². The zero-order chi connectivity index (χ0) is 30.6. The standard InChI is InChI=1S/C33H37F2N5O4/c1-2-19-5-3-6-20-13-22(41)14-23(27(19)20)29-28(35)30-24(16-36-29)31(39-11-7-25(42)26(43)8-12-39)38-32(37-30)44-18-33-9-4-10-40(33)17-21(34)15-33/h3,5-6,13-14,16,21,25-26,41-43H,2,4,7-12,15,17-18H2,1H3/t21-,25-,26+,33+/m1/s1. The number of aromatic hydroxyl groups is 1. The highest BCUT2D eigenvalue weighted by Crippen LogP contribution is 2.41. The first-order chi connectivity index (χ1) is 21.3. The molecule has 232 valence electrons. The highest BCUT2D eigenvalue weighted by atomic mass is 19.1. The molecule has 0 saturated carbocycles. The van der Waals surface area contributed by atoms with Crippen molar-refractivity contribution < 1.29 is 28.8 Å². The Bertz CT molecular complexity index is 1710. The number of aliphatic hydroxyl groups is 2. The number of alkyl halides is 1. The number of phenolic OH excluding ortho intramolecular Hbond substituents is 1. The predicted octanol–water partition coefficient (Wildman–Crippen LogP) is 4.53. The van der Waals surface area contributed by atoms with Crippen LogP contribution < -0.4 is 9.64 Å². The van der Waals surface area contributed by atoms with Gasteiger partial charge in [0.15, 0.2) is 5.82 Å². The van der Waals surface area contributed by atoms with Crippen molar-refractivity contribution >= 4 is 27.5 Å². The van der Waals surface area contributed by atoms with Crippen LogP contribution in [0, 0.1) is 5.82 Å². The van der Waals surface area contributed by atoms with Crippen LogP contribution in [0.5, 0.6) is 11.8 Å².